The highest BCUT2D eigenvalue weighted by Gasteiger charge is 2.20. The van der Waals surface area contributed by atoms with E-state index in [1.807, 2.05) is 0 Å². The molecule has 2 rings (SSSR count). The van der Waals surface area contributed by atoms with Crippen molar-refractivity contribution in [2.75, 3.05) is 24.5 Å². The Morgan fingerprint density at radius 3 is 3.25 bits per heavy atom. The van der Waals surface area contributed by atoms with Gasteiger partial charge in [-0.25, -0.2) is 0 Å². The predicted octanol–water partition coefficient (Wildman–Crippen LogP) is 2.02. The molecule has 1 aromatic rings. The summed E-state index contributed by atoms with van der Waals surface area (Å²) in [7, 11) is 0. The van der Waals surface area contributed by atoms with E-state index in [1.165, 1.54) is 12.8 Å². The summed E-state index contributed by atoms with van der Waals surface area (Å²) in [6.07, 6.45) is 4.32. The van der Waals surface area contributed by atoms with Crippen LogP contribution in [-0.2, 0) is 6.54 Å². The van der Waals surface area contributed by atoms with Crippen LogP contribution in [0.3, 0.4) is 0 Å². The van der Waals surface area contributed by atoms with Crippen LogP contribution in [0, 0.1) is 5.92 Å². The molecule has 0 spiro atoms. The molecule has 1 aliphatic rings. The molecule has 4 heteroatoms. The summed E-state index contributed by atoms with van der Waals surface area (Å²) in [5, 5.41) is 3.25. The fourth-order valence-electron chi connectivity index (χ4n) is 2.14. The van der Waals surface area contributed by atoms with E-state index in [0.717, 1.165) is 43.8 Å². The number of piperidine rings is 1. The van der Waals surface area contributed by atoms with Gasteiger partial charge in [-0.3, -0.25) is 0 Å². The Balaban J connectivity index is 1.95. The van der Waals surface area contributed by atoms with Gasteiger partial charge in [0.15, 0.2) is 0 Å². The molecule has 1 saturated heterocycles. The van der Waals surface area contributed by atoms with Crippen LogP contribution in [-0.4, -0.2) is 24.6 Å². The zero-order valence-electron chi connectivity index (χ0n) is 10.2. The van der Waals surface area contributed by atoms with Crippen LogP contribution in [0.1, 0.15) is 32.4 Å². The lowest BCUT2D eigenvalue weighted by atomic mass is 10.0. The van der Waals surface area contributed by atoms with E-state index in [-0.39, 0.29) is 0 Å². The van der Waals surface area contributed by atoms with Gasteiger partial charge in [0.2, 0.25) is 0 Å². The van der Waals surface area contributed by atoms with Crippen LogP contribution < -0.4 is 10.2 Å². The van der Waals surface area contributed by atoms with Crippen molar-refractivity contribution in [3.63, 3.8) is 0 Å². The van der Waals surface area contributed by atoms with Crippen molar-refractivity contribution in [2.45, 2.75) is 33.2 Å². The number of anilines is 1. The number of aromatic nitrogens is 1. The Bertz CT molecular complexity index is 324. The third-order valence-corrected chi connectivity index (χ3v) is 3.02. The van der Waals surface area contributed by atoms with Gasteiger partial charge in [0.05, 0.1) is 5.69 Å². The first-order valence-electron chi connectivity index (χ1n) is 6.19. The van der Waals surface area contributed by atoms with Crippen molar-refractivity contribution < 1.29 is 4.42 Å². The van der Waals surface area contributed by atoms with Crippen LogP contribution in [0.4, 0.5) is 6.01 Å². The topological polar surface area (TPSA) is 41.3 Å². The number of oxazole rings is 1. The van der Waals surface area contributed by atoms with E-state index in [0.29, 0.717) is 0 Å². The zero-order valence-corrected chi connectivity index (χ0v) is 10.2. The van der Waals surface area contributed by atoms with E-state index in [4.69, 9.17) is 4.42 Å². The molecular formula is C12H21N3O. The van der Waals surface area contributed by atoms with Crippen LogP contribution in [0.5, 0.6) is 0 Å². The van der Waals surface area contributed by atoms with Crippen molar-refractivity contribution in [3.05, 3.63) is 12.0 Å². The molecule has 0 radical (unpaired) electrons. The number of hydrogen-bond donors (Lipinski definition) is 1. The Hall–Kier alpha value is -1.03. The molecule has 2 heterocycles. The smallest absolute Gasteiger partial charge is 0.297 e. The van der Waals surface area contributed by atoms with Crippen molar-refractivity contribution in [1.82, 2.24) is 10.3 Å². The van der Waals surface area contributed by atoms with E-state index >= 15 is 0 Å². The molecule has 0 amide bonds. The molecule has 1 atom stereocenters. The van der Waals surface area contributed by atoms with Crippen molar-refractivity contribution >= 4 is 6.01 Å². The minimum Gasteiger partial charge on any atom is -0.432 e. The first kappa shape index (κ1) is 11.5. The normalized spacial score (nSPS) is 21.4. The fraction of sp³-hybridized carbons (Fsp3) is 0.750. The van der Waals surface area contributed by atoms with Crippen LogP contribution >= 0.6 is 0 Å². The molecule has 1 aromatic heterocycles. The summed E-state index contributed by atoms with van der Waals surface area (Å²) in [6, 6.07) is 0.791. The predicted molar refractivity (Wildman–Crippen MR) is 64.5 cm³/mol. The average Bonchev–Trinajstić information content (AvgIpc) is 2.75. The van der Waals surface area contributed by atoms with Gasteiger partial charge in [0.25, 0.3) is 6.01 Å². The lowest BCUT2D eigenvalue weighted by Crippen LogP contribution is -2.34. The Morgan fingerprint density at radius 1 is 1.62 bits per heavy atom. The van der Waals surface area contributed by atoms with Gasteiger partial charge in [-0.05, 0) is 25.3 Å². The second-order valence-corrected chi connectivity index (χ2v) is 4.60. The highest BCUT2D eigenvalue weighted by atomic mass is 16.4. The van der Waals surface area contributed by atoms with Crippen molar-refractivity contribution in [1.29, 1.82) is 0 Å². The van der Waals surface area contributed by atoms with E-state index in [2.05, 4.69) is 29.0 Å². The van der Waals surface area contributed by atoms with Gasteiger partial charge in [0.1, 0.15) is 6.26 Å². The van der Waals surface area contributed by atoms with Gasteiger partial charge in [0, 0.05) is 19.6 Å². The third kappa shape index (κ3) is 2.76. The van der Waals surface area contributed by atoms with Crippen LogP contribution in [0.2, 0.25) is 0 Å². The Labute approximate surface area is 97.0 Å². The maximum absolute atomic E-state index is 5.52. The molecule has 0 aliphatic carbocycles. The highest BCUT2D eigenvalue weighted by molar-refractivity contribution is 5.27. The summed E-state index contributed by atoms with van der Waals surface area (Å²) in [4.78, 5) is 6.76. The lowest BCUT2D eigenvalue weighted by molar-refractivity contribution is 0.416. The quantitative estimate of drug-likeness (QED) is 0.848. The first-order chi connectivity index (χ1) is 7.79. The van der Waals surface area contributed by atoms with Crippen LogP contribution in [0.15, 0.2) is 10.7 Å². The summed E-state index contributed by atoms with van der Waals surface area (Å²) in [5.41, 5.74) is 0.995. The molecule has 1 fully saturated rings. The third-order valence-electron chi connectivity index (χ3n) is 3.02. The fourth-order valence-corrected chi connectivity index (χ4v) is 2.14. The first-order valence-corrected chi connectivity index (χ1v) is 6.19. The second-order valence-electron chi connectivity index (χ2n) is 4.60. The number of rotatable bonds is 4. The molecule has 90 valence electrons. The zero-order chi connectivity index (χ0) is 11.4. The summed E-state index contributed by atoms with van der Waals surface area (Å²) < 4.78 is 5.52. The second kappa shape index (κ2) is 5.34. The van der Waals surface area contributed by atoms with Crippen molar-refractivity contribution in [2.24, 2.45) is 5.92 Å². The Kier molecular flexibility index (Phi) is 3.83. The number of hydrogen-bond acceptors (Lipinski definition) is 4. The largest absolute Gasteiger partial charge is 0.432 e. The SMILES string of the molecule is CCNCc1coc(N2CCCC(C)C2)n1. The minimum absolute atomic E-state index is 0.748. The highest BCUT2D eigenvalue weighted by Crippen LogP contribution is 2.22. The van der Waals surface area contributed by atoms with Gasteiger partial charge in [-0.15, -0.1) is 0 Å². The van der Waals surface area contributed by atoms with E-state index in [9.17, 15) is 0 Å². The molecule has 1 N–H and O–H groups in total. The summed E-state index contributed by atoms with van der Waals surface area (Å²) in [5.74, 6) is 0.748. The molecule has 4 nitrogen and oxygen atoms in total. The van der Waals surface area contributed by atoms with Gasteiger partial charge < -0.3 is 14.6 Å². The monoisotopic (exact) mass is 223 g/mol. The molecule has 0 aromatic carbocycles. The number of nitrogens with zero attached hydrogens (tertiary/aromatic N) is 2. The standard InChI is InChI=1S/C12H21N3O/c1-3-13-7-11-9-16-12(14-11)15-6-4-5-10(2)8-15/h9-10,13H,3-8H2,1-2H3. The number of nitrogens with one attached hydrogen (secondary N) is 1. The molecular weight excluding hydrogens is 202 g/mol. The maximum atomic E-state index is 5.52. The van der Waals surface area contributed by atoms with Gasteiger partial charge >= 0.3 is 0 Å². The lowest BCUT2D eigenvalue weighted by Gasteiger charge is -2.29. The molecule has 1 unspecified atom stereocenters. The molecule has 0 bridgehead atoms. The minimum atomic E-state index is 0.748. The van der Waals surface area contributed by atoms with Gasteiger partial charge in [-0.1, -0.05) is 13.8 Å². The average molecular weight is 223 g/mol. The van der Waals surface area contributed by atoms with E-state index < -0.39 is 0 Å². The van der Waals surface area contributed by atoms with Crippen LogP contribution in [0.25, 0.3) is 0 Å². The summed E-state index contributed by atoms with van der Waals surface area (Å²) in [6.45, 7) is 8.28. The molecule has 0 saturated carbocycles. The molecule has 1 aliphatic heterocycles. The molecule has 16 heavy (non-hydrogen) atoms. The Morgan fingerprint density at radius 2 is 2.50 bits per heavy atom. The van der Waals surface area contributed by atoms with E-state index in [1.54, 1.807) is 6.26 Å². The summed E-state index contributed by atoms with van der Waals surface area (Å²) >= 11 is 0. The van der Waals surface area contributed by atoms with Crippen molar-refractivity contribution in [3.8, 4) is 0 Å². The van der Waals surface area contributed by atoms with Gasteiger partial charge in [-0.2, -0.15) is 4.98 Å². The maximum Gasteiger partial charge on any atom is 0.297 e.